The molecule has 4 nitrogen and oxygen atoms in total. The molecular formula is C39H26N4. The molecule has 0 aliphatic rings. The molecule has 4 heteroatoms. The van der Waals surface area contributed by atoms with Crippen molar-refractivity contribution in [2.45, 2.75) is 0 Å². The van der Waals surface area contributed by atoms with Gasteiger partial charge in [0, 0.05) is 45.5 Å². The molecule has 0 spiro atoms. The third kappa shape index (κ3) is 4.55. The van der Waals surface area contributed by atoms with Crippen LogP contribution in [0.2, 0.25) is 0 Å². The van der Waals surface area contributed by atoms with Crippen LogP contribution in [0.4, 0.5) is 0 Å². The minimum Gasteiger partial charge on any atom is -0.309 e. The van der Waals surface area contributed by atoms with Gasteiger partial charge in [0.1, 0.15) is 0 Å². The number of pyridine rings is 1. The van der Waals surface area contributed by atoms with Crippen LogP contribution in [0.5, 0.6) is 0 Å². The van der Waals surface area contributed by atoms with E-state index in [1.807, 2.05) is 42.7 Å². The highest BCUT2D eigenvalue weighted by Gasteiger charge is 2.15. The van der Waals surface area contributed by atoms with Gasteiger partial charge in [-0.2, -0.15) is 0 Å². The molecule has 0 fully saturated rings. The Hall–Kier alpha value is -5.87. The monoisotopic (exact) mass is 550 g/mol. The molecule has 0 aliphatic carbocycles. The second-order valence-electron chi connectivity index (χ2n) is 10.6. The van der Waals surface area contributed by atoms with Crippen molar-refractivity contribution in [3.8, 4) is 50.7 Å². The number of fused-ring (bicyclic) bond motifs is 3. The van der Waals surface area contributed by atoms with Gasteiger partial charge in [-0.15, -0.1) is 0 Å². The average molecular weight is 551 g/mol. The van der Waals surface area contributed by atoms with Gasteiger partial charge in [-0.25, -0.2) is 9.97 Å². The number of benzene rings is 5. The Morgan fingerprint density at radius 3 is 1.74 bits per heavy atom. The van der Waals surface area contributed by atoms with Gasteiger partial charge in [-0.05, 0) is 59.7 Å². The summed E-state index contributed by atoms with van der Waals surface area (Å²) in [6.07, 6.45) is 3.64. The van der Waals surface area contributed by atoms with Crippen LogP contribution in [0.1, 0.15) is 0 Å². The molecule has 8 aromatic rings. The number of nitrogens with zero attached hydrogens (tertiary/aromatic N) is 4. The number of para-hydroxylation sites is 2. The first kappa shape index (κ1) is 24.9. The SMILES string of the molecule is c1ccc(-c2nc(-c3ccc(-c4ccncc4)cc3)cc(-c3ccc4c(c3)c3ccccc3n4-c3ccccc3)n2)cc1. The lowest BCUT2D eigenvalue weighted by molar-refractivity contribution is 1.18. The zero-order valence-corrected chi connectivity index (χ0v) is 23.3. The van der Waals surface area contributed by atoms with Crippen molar-refractivity contribution < 1.29 is 0 Å². The summed E-state index contributed by atoms with van der Waals surface area (Å²) in [5, 5.41) is 2.41. The third-order valence-electron chi connectivity index (χ3n) is 7.94. The molecule has 0 unspecified atom stereocenters. The fraction of sp³-hybridized carbons (Fsp3) is 0. The molecular weight excluding hydrogens is 524 g/mol. The van der Waals surface area contributed by atoms with Gasteiger partial charge in [0.15, 0.2) is 5.82 Å². The van der Waals surface area contributed by atoms with Gasteiger partial charge in [-0.3, -0.25) is 4.98 Å². The highest BCUT2D eigenvalue weighted by Crippen LogP contribution is 2.36. The van der Waals surface area contributed by atoms with Crippen LogP contribution >= 0.6 is 0 Å². The number of rotatable bonds is 5. The maximum atomic E-state index is 5.09. The Morgan fingerprint density at radius 2 is 0.977 bits per heavy atom. The van der Waals surface area contributed by atoms with E-state index >= 15 is 0 Å². The summed E-state index contributed by atoms with van der Waals surface area (Å²) in [5.74, 6) is 0.707. The van der Waals surface area contributed by atoms with Crippen molar-refractivity contribution in [1.82, 2.24) is 19.5 Å². The van der Waals surface area contributed by atoms with E-state index in [-0.39, 0.29) is 0 Å². The van der Waals surface area contributed by atoms with E-state index in [4.69, 9.17) is 9.97 Å². The Morgan fingerprint density at radius 1 is 0.395 bits per heavy atom. The van der Waals surface area contributed by atoms with Crippen LogP contribution in [0.15, 0.2) is 158 Å². The molecule has 0 amide bonds. The number of hydrogen-bond acceptors (Lipinski definition) is 3. The van der Waals surface area contributed by atoms with E-state index in [2.05, 4.69) is 125 Å². The second-order valence-corrected chi connectivity index (χ2v) is 10.6. The molecule has 0 N–H and O–H groups in total. The van der Waals surface area contributed by atoms with Crippen molar-refractivity contribution in [2.75, 3.05) is 0 Å². The minimum absolute atomic E-state index is 0.707. The molecule has 0 saturated carbocycles. The summed E-state index contributed by atoms with van der Waals surface area (Å²) in [7, 11) is 0. The molecule has 3 heterocycles. The topological polar surface area (TPSA) is 43.6 Å². The largest absolute Gasteiger partial charge is 0.309 e. The van der Waals surface area contributed by atoms with E-state index in [0.29, 0.717) is 5.82 Å². The van der Waals surface area contributed by atoms with Gasteiger partial charge in [0.05, 0.1) is 22.4 Å². The highest BCUT2D eigenvalue weighted by atomic mass is 15.0. The van der Waals surface area contributed by atoms with Crippen molar-refractivity contribution in [2.24, 2.45) is 0 Å². The molecule has 5 aromatic carbocycles. The quantitative estimate of drug-likeness (QED) is 0.214. The molecule has 43 heavy (non-hydrogen) atoms. The summed E-state index contributed by atoms with van der Waals surface area (Å²) >= 11 is 0. The lowest BCUT2D eigenvalue weighted by atomic mass is 10.0. The molecule has 0 bridgehead atoms. The highest BCUT2D eigenvalue weighted by molar-refractivity contribution is 6.10. The van der Waals surface area contributed by atoms with E-state index in [1.54, 1.807) is 0 Å². The third-order valence-corrected chi connectivity index (χ3v) is 7.94. The van der Waals surface area contributed by atoms with E-state index in [1.165, 1.54) is 21.8 Å². The van der Waals surface area contributed by atoms with Crippen LogP contribution in [0.3, 0.4) is 0 Å². The lowest BCUT2D eigenvalue weighted by Gasteiger charge is -2.11. The zero-order chi connectivity index (χ0) is 28.6. The van der Waals surface area contributed by atoms with Gasteiger partial charge in [-0.1, -0.05) is 97.1 Å². The Bertz CT molecular complexity index is 2200. The first-order valence-corrected chi connectivity index (χ1v) is 14.4. The summed E-state index contributed by atoms with van der Waals surface area (Å²) in [4.78, 5) is 14.3. The van der Waals surface area contributed by atoms with Crippen LogP contribution in [-0.2, 0) is 0 Å². The van der Waals surface area contributed by atoms with Crippen molar-refractivity contribution in [3.63, 3.8) is 0 Å². The number of hydrogen-bond donors (Lipinski definition) is 0. The lowest BCUT2D eigenvalue weighted by Crippen LogP contribution is -1.96. The van der Waals surface area contributed by atoms with Crippen molar-refractivity contribution >= 4 is 21.8 Å². The van der Waals surface area contributed by atoms with Crippen molar-refractivity contribution in [3.05, 3.63) is 158 Å². The van der Waals surface area contributed by atoms with Crippen LogP contribution < -0.4 is 0 Å². The molecule has 8 rings (SSSR count). The summed E-state index contributed by atoms with van der Waals surface area (Å²) in [6, 6.07) is 50.7. The van der Waals surface area contributed by atoms with Crippen LogP contribution in [-0.4, -0.2) is 19.5 Å². The summed E-state index contributed by atoms with van der Waals surface area (Å²) < 4.78 is 2.33. The average Bonchev–Trinajstić information content (AvgIpc) is 3.43. The first-order valence-electron chi connectivity index (χ1n) is 14.4. The zero-order valence-electron chi connectivity index (χ0n) is 23.3. The summed E-state index contributed by atoms with van der Waals surface area (Å²) in [6.45, 7) is 0. The predicted octanol–water partition coefficient (Wildman–Crippen LogP) is 9.64. The molecule has 202 valence electrons. The Balaban J connectivity index is 1.29. The van der Waals surface area contributed by atoms with E-state index in [0.717, 1.165) is 44.9 Å². The molecule has 0 atom stereocenters. The fourth-order valence-corrected chi connectivity index (χ4v) is 5.82. The predicted molar refractivity (Wildman–Crippen MR) is 176 cm³/mol. The molecule has 0 saturated heterocycles. The second kappa shape index (κ2) is 10.5. The minimum atomic E-state index is 0.707. The fourth-order valence-electron chi connectivity index (χ4n) is 5.82. The smallest absolute Gasteiger partial charge is 0.160 e. The maximum Gasteiger partial charge on any atom is 0.160 e. The summed E-state index contributed by atoms with van der Waals surface area (Å²) in [5.41, 5.74) is 10.6. The normalized spacial score (nSPS) is 11.3. The molecule has 0 radical (unpaired) electrons. The van der Waals surface area contributed by atoms with E-state index < -0.39 is 0 Å². The first-order chi connectivity index (χ1) is 21.3. The standard InChI is InChI=1S/C39H26N4/c1-3-9-30(10-4-1)39-41-35(29-17-15-27(16-18-29)28-21-23-40-24-22-28)26-36(42-39)31-19-20-38-34(25-31)33-13-7-8-14-37(33)43(38)32-11-5-2-6-12-32/h1-26H. The van der Waals surface area contributed by atoms with Gasteiger partial charge in [0.25, 0.3) is 0 Å². The van der Waals surface area contributed by atoms with E-state index in [9.17, 15) is 0 Å². The van der Waals surface area contributed by atoms with Gasteiger partial charge >= 0.3 is 0 Å². The molecule has 0 aliphatic heterocycles. The van der Waals surface area contributed by atoms with Crippen LogP contribution in [0, 0.1) is 0 Å². The number of aromatic nitrogens is 4. The van der Waals surface area contributed by atoms with Crippen LogP contribution in [0.25, 0.3) is 72.5 Å². The van der Waals surface area contributed by atoms with Crippen molar-refractivity contribution in [1.29, 1.82) is 0 Å². The maximum absolute atomic E-state index is 5.09. The Kier molecular flexibility index (Phi) is 6.08. The Labute approximate surface area is 249 Å². The molecule has 3 aromatic heterocycles. The van der Waals surface area contributed by atoms with Gasteiger partial charge < -0.3 is 4.57 Å². The van der Waals surface area contributed by atoms with Gasteiger partial charge in [0.2, 0.25) is 0 Å².